The summed E-state index contributed by atoms with van der Waals surface area (Å²) >= 11 is 0. The highest BCUT2D eigenvalue weighted by molar-refractivity contribution is 4.82. The third-order valence-corrected chi connectivity index (χ3v) is 3.47. The van der Waals surface area contributed by atoms with Crippen molar-refractivity contribution in [3.8, 4) is 0 Å². The van der Waals surface area contributed by atoms with Crippen molar-refractivity contribution in [1.82, 2.24) is 5.32 Å². The van der Waals surface area contributed by atoms with Gasteiger partial charge in [0.25, 0.3) is 0 Å². The fourth-order valence-corrected chi connectivity index (χ4v) is 1.55. The lowest BCUT2D eigenvalue weighted by Crippen LogP contribution is -2.50. The van der Waals surface area contributed by atoms with E-state index in [0.717, 1.165) is 6.42 Å². The zero-order chi connectivity index (χ0) is 14.3. The van der Waals surface area contributed by atoms with Crippen molar-refractivity contribution in [2.45, 2.75) is 57.6 Å². The Hall–Kier alpha value is -0.240. The Morgan fingerprint density at radius 2 is 1.44 bits per heavy atom. The summed E-state index contributed by atoms with van der Waals surface area (Å²) in [4.78, 5) is 0. The number of hydrogen-bond donors (Lipinski definition) is 6. The van der Waals surface area contributed by atoms with Crippen molar-refractivity contribution in [2.24, 2.45) is 5.92 Å². The van der Waals surface area contributed by atoms with Gasteiger partial charge in [-0.3, -0.25) is 0 Å². The van der Waals surface area contributed by atoms with Gasteiger partial charge in [-0.25, -0.2) is 0 Å². The van der Waals surface area contributed by atoms with Gasteiger partial charge in [-0.2, -0.15) is 0 Å². The molecule has 0 fully saturated rings. The number of hydrogen-bond acceptors (Lipinski definition) is 6. The molecule has 18 heavy (non-hydrogen) atoms. The number of nitrogens with one attached hydrogen (secondary N) is 1. The van der Waals surface area contributed by atoms with Gasteiger partial charge in [-0.1, -0.05) is 20.3 Å². The molecule has 2 unspecified atom stereocenters. The highest BCUT2D eigenvalue weighted by Gasteiger charge is 2.30. The SMILES string of the molecule is CCC(C)C(C)NC[C@H](O)[C@@H](O)[C@H](O)[C@H](O)CO. The molecule has 0 radical (unpaired) electrons. The molecule has 0 aliphatic rings. The fourth-order valence-electron chi connectivity index (χ4n) is 1.55. The second kappa shape index (κ2) is 8.79. The Morgan fingerprint density at radius 1 is 0.944 bits per heavy atom. The molecule has 0 aromatic heterocycles. The first-order valence-corrected chi connectivity index (χ1v) is 6.41. The zero-order valence-electron chi connectivity index (χ0n) is 11.3. The first-order valence-electron chi connectivity index (χ1n) is 6.41. The molecule has 0 aliphatic heterocycles. The number of aliphatic hydroxyl groups is 5. The normalized spacial score (nSPS) is 22.0. The maximum absolute atomic E-state index is 9.67. The van der Waals surface area contributed by atoms with Crippen LogP contribution in [-0.4, -0.2) is 69.1 Å². The summed E-state index contributed by atoms with van der Waals surface area (Å²) in [5, 5.41) is 49.5. The molecule has 0 aromatic rings. The first-order chi connectivity index (χ1) is 8.34. The molecule has 0 rings (SSSR count). The fraction of sp³-hybridized carbons (Fsp3) is 1.00. The predicted octanol–water partition coefficient (Wildman–Crippen LogP) is -1.55. The second-order valence-corrected chi connectivity index (χ2v) is 4.88. The van der Waals surface area contributed by atoms with Gasteiger partial charge in [0.05, 0.1) is 12.7 Å². The van der Waals surface area contributed by atoms with Crippen LogP contribution in [0.4, 0.5) is 0 Å². The summed E-state index contributed by atoms with van der Waals surface area (Å²) in [6.45, 7) is 5.57. The van der Waals surface area contributed by atoms with E-state index in [1.165, 1.54) is 0 Å². The molecule has 0 aromatic carbocycles. The molecule has 0 heterocycles. The lowest BCUT2D eigenvalue weighted by molar-refractivity contribution is -0.114. The monoisotopic (exact) mass is 265 g/mol. The van der Waals surface area contributed by atoms with Crippen LogP contribution in [0.5, 0.6) is 0 Å². The quantitative estimate of drug-likeness (QED) is 0.301. The van der Waals surface area contributed by atoms with Crippen LogP contribution in [0.3, 0.4) is 0 Å². The number of aliphatic hydroxyl groups excluding tert-OH is 5. The molecule has 6 heteroatoms. The molecule has 6 nitrogen and oxygen atoms in total. The molecule has 0 amide bonds. The van der Waals surface area contributed by atoms with Crippen LogP contribution in [0.1, 0.15) is 27.2 Å². The highest BCUT2D eigenvalue weighted by atomic mass is 16.4. The smallest absolute Gasteiger partial charge is 0.111 e. The van der Waals surface area contributed by atoms with Crippen LogP contribution in [0.25, 0.3) is 0 Å². The Kier molecular flexibility index (Phi) is 8.67. The molecule has 0 aliphatic carbocycles. The lowest BCUT2D eigenvalue weighted by atomic mass is 9.99. The summed E-state index contributed by atoms with van der Waals surface area (Å²) in [6, 6.07) is 0.178. The topological polar surface area (TPSA) is 113 Å². The summed E-state index contributed by atoms with van der Waals surface area (Å²) < 4.78 is 0. The van der Waals surface area contributed by atoms with Crippen LogP contribution >= 0.6 is 0 Å². The molecule has 0 spiro atoms. The minimum atomic E-state index is -1.56. The van der Waals surface area contributed by atoms with Crippen molar-refractivity contribution in [2.75, 3.05) is 13.2 Å². The maximum atomic E-state index is 9.67. The maximum Gasteiger partial charge on any atom is 0.111 e. The minimum absolute atomic E-state index is 0.113. The van der Waals surface area contributed by atoms with Gasteiger partial charge in [-0.05, 0) is 12.8 Å². The van der Waals surface area contributed by atoms with Gasteiger partial charge < -0.3 is 30.8 Å². The van der Waals surface area contributed by atoms with E-state index in [1.54, 1.807) is 0 Å². The van der Waals surface area contributed by atoms with E-state index in [9.17, 15) is 15.3 Å². The summed E-state index contributed by atoms with van der Waals surface area (Å²) in [5.74, 6) is 0.433. The Bertz CT molecular complexity index is 217. The molecular weight excluding hydrogens is 238 g/mol. The van der Waals surface area contributed by atoms with E-state index < -0.39 is 31.0 Å². The Morgan fingerprint density at radius 3 is 1.89 bits per heavy atom. The van der Waals surface area contributed by atoms with Gasteiger partial charge in [0.2, 0.25) is 0 Å². The second-order valence-electron chi connectivity index (χ2n) is 4.88. The molecule has 0 saturated heterocycles. The first kappa shape index (κ1) is 17.8. The number of rotatable bonds is 9. The predicted molar refractivity (Wildman–Crippen MR) is 68.0 cm³/mol. The highest BCUT2D eigenvalue weighted by Crippen LogP contribution is 2.08. The average Bonchev–Trinajstić information content (AvgIpc) is 2.40. The van der Waals surface area contributed by atoms with Gasteiger partial charge in [0, 0.05) is 12.6 Å². The van der Waals surface area contributed by atoms with Crippen LogP contribution in [-0.2, 0) is 0 Å². The van der Waals surface area contributed by atoms with Crippen molar-refractivity contribution < 1.29 is 25.5 Å². The average molecular weight is 265 g/mol. The zero-order valence-corrected chi connectivity index (χ0v) is 11.3. The van der Waals surface area contributed by atoms with Crippen LogP contribution in [0, 0.1) is 5.92 Å². The van der Waals surface area contributed by atoms with Crippen molar-refractivity contribution >= 4 is 0 Å². The Labute approximate surface area is 108 Å². The molecule has 0 saturated carbocycles. The van der Waals surface area contributed by atoms with E-state index in [2.05, 4.69) is 19.2 Å². The lowest BCUT2D eigenvalue weighted by Gasteiger charge is -2.28. The summed E-state index contributed by atoms with van der Waals surface area (Å²) in [6.07, 6.45) is -4.72. The third kappa shape index (κ3) is 5.60. The molecule has 6 N–H and O–H groups in total. The van der Waals surface area contributed by atoms with Crippen molar-refractivity contribution in [3.63, 3.8) is 0 Å². The minimum Gasteiger partial charge on any atom is -0.394 e. The largest absolute Gasteiger partial charge is 0.394 e. The molecular formula is C12H27NO5. The standard InChI is InChI=1S/C12H27NO5/c1-4-7(2)8(3)13-5-9(15)11(17)12(18)10(16)6-14/h7-18H,4-6H2,1-3H3/t7?,8?,9-,10+,11+,12+/m0/s1. The van der Waals surface area contributed by atoms with Crippen molar-refractivity contribution in [1.29, 1.82) is 0 Å². The van der Waals surface area contributed by atoms with E-state index in [4.69, 9.17) is 10.2 Å². The molecule has 6 atom stereocenters. The summed E-state index contributed by atoms with van der Waals surface area (Å²) in [5.41, 5.74) is 0. The van der Waals surface area contributed by atoms with Crippen LogP contribution in [0.15, 0.2) is 0 Å². The third-order valence-electron chi connectivity index (χ3n) is 3.47. The van der Waals surface area contributed by atoms with Gasteiger partial charge in [0.1, 0.15) is 18.3 Å². The van der Waals surface area contributed by atoms with Gasteiger partial charge in [-0.15, -0.1) is 0 Å². The van der Waals surface area contributed by atoms with Gasteiger partial charge >= 0.3 is 0 Å². The Balaban J connectivity index is 4.12. The van der Waals surface area contributed by atoms with Crippen LogP contribution < -0.4 is 5.32 Å². The molecule has 0 bridgehead atoms. The van der Waals surface area contributed by atoms with Crippen LogP contribution in [0.2, 0.25) is 0 Å². The van der Waals surface area contributed by atoms with Gasteiger partial charge in [0.15, 0.2) is 0 Å². The summed E-state index contributed by atoms with van der Waals surface area (Å²) in [7, 11) is 0. The molecule has 110 valence electrons. The van der Waals surface area contributed by atoms with E-state index in [0.29, 0.717) is 5.92 Å². The van der Waals surface area contributed by atoms with Crippen molar-refractivity contribution in [3.05, 3.63) is 0 Å². The van der Waals surface area contributed by atoms with E-state index >= 15 is 0 Å². The van der Waals surface area contributed by atoms with E-state index in [1.807, 2.05) is 6.92 Å². The van der Waals surface area contributed by atoms with E-state index in [-0.39, 0.29) is 12.6 Å².